The second kappa shape index (κ2) is 5.81. The van der Waals surface area contributed by atoms with Gasteiger partial charge < -0.3 is 9.64 Å². The summed E-state index contributed by atoms with van der Waals surface area (Å²) in [6.45, 7) is 2.96. The van der Waals surface area contributed by atoms with Gasteiger partial charge in [0, 0.05) is 23.8 Å². The standard InChI is InChI=1S/C15H14ClN3O3/c1-2-22-14(21)12-9-17-15-18(6-7-19(15)13(12)20)11-5-3-4-10(16)8-11/h3-5,8-9H,2,6-7H2,1H3. The third kappa shape index (κ3) is 2.46. The van der Waals surface area contributed by atoms with E-state index in [1.807, 2.05) is 23.1 Å². The van der Waals surface area contributed by atoms with Crippen LogP contribution in [-0.2, 0) is 11.3 Å². The highest BCUT2D eigenvalue weighted by Crippen LogP contribution is 2.28. The zero-order valence-electron chi connectivity index (χ0n) is 12.0. The van der Waals surface area contributed by atoms with Gasteiger partial charge in [0.1, 0.15) is 5.56 Å². The monoisotopic (exact) mass is 319 g/mol. The van der Waals surface area contributed by atoms with Crippen molar-refractivity contribution in [1.29, 1.82) is 0 Å². The number of nitrogens with zero attached hydrogens (tertiary/aromatic N) is 3. The van der Waals surface area contributed by atoms with Crippen LogP contribution in [-0.4, -0.2) is 28.7 Å². The van der Waals surface area contributed by atoms with Gasteiger partial charge in [-0.2, -0.15) is 0 Å². The van der Waals surface area contributed by atoms with Gasteiger partial charge in [-0.3, -0.25) is 9.36 Å². The first-order chi connectivity index (χ1) is 10.6. The molecule has 0 saturated carbocycles. The number of carbonyl (C=O) groups excluding carboxylic acids is 1. The maximum Gasteiger partial charge on any atom is 0.345 e. The molecule has 2 heterocycles. The van der Waals surface area contributed by atoms with Crippen LogP contribution >= 0.6 is 11.6 Å². The lowest BCUT2D eigenvalue weighted by Gasteiger charge is -2.17. The molecule has 3 rings (SSSR count). The summed E-state index contributed by atoms with van der Waals surface area (Å²) in [7, 11) is 0. The number of anilines is 2. The molecule has 0 bridgehead atoms. The molecule has 22 heavy (non-hydrogen) atoms. The lowest BCUT2D eigenvalue weighted by atomic mass is 10.3. The van der Waals surface area contributed by atoms with E-state index in [0.717, 1.165) is 5.69 Å². The Morgan fingerprint density at radius 3 is 2.95 bits per heavy atom. The largest absolute Gasteiger partial charge is 0.462 e. The van der Waals surface area contributed by atoms with E-state index in [-0.39, 0.29) is 17.7 Å². The number of halogens is 1. The lowest BCUT2D eigenvalue weighted by Crippen LogP contribution is -2.27. The smallest absolute Gasteiger partial charge is 0.345 e. The molecule has 2 aromatic rings. The second-order valence-corrected chi connectivity index (χ2v) is 5.22. The Morgan fingerprint density at radius 2 is 2.23 bits per heavy atom. The number of ether oxygens (including phenoxy) is 1. The number of hydrogen-bond donors (Lipinski definition) is 0. The van der Waals surface area contributed by atoms with E-state index in [2.05, 4.69) is 4.98 Å². The molecule has 0 saturated heterocycles. The summed E-state index contributed by atoms with van der Waals surface area (Å²) < 4.78 is 6.35. The third-order valence-corrected chi connectivity index (χ3v) is 3.67. The molecule has 0 atom stereocenters. The number of aromatic nitrogens is 2. The number of rotatable bonds is 3. The van der Waals surface area contributed by atoms with E-state index in [1.165, 1.54) is 10.8 Å². The van der Waals surface area contributed by atoms with E-state index < -0.39 is 5.97 Å². The molecule has 114 valence electrons. The van der Waals surface area contributed by atoms with Crippen LogP contribution < -0.4 is 10.5 Å². The van der Waals surface area contributed by atoms with Gasteiger partial charge in [-0.25, -0.2) is 9.78 Å². The number of hydrogen-bond acceptors (Lipinski definition) is 5. The van der Waals surface area contributed by atoms with Crippen LogP contribution in [0.25, 0.3) is 0 Å². The summed E-state index contributed by atoms with van der Waals surface area (Å²) in [5.74, 6) is -0.142. The van der Waals surface area contributed by atoms with Crippen LogP contribution in [0.15, 0.2) is 35.3 Å². The molecular weight excluding hydrogens is 306 g/mol. The van der Waals surface area contributed by atoms with Crippen LogP contribution in [0, 0.1) is 0 Å². The lowest BCUT2D eigenvalue weighted by molar-refractivity contribution is 0.0523. The van der Waals surface area contributed by atoms with Crippen molar-refractivity contribution >= 4 is 29.2 Å². The van der Waals surface area contributed by atoms with Crippen LogP contribution in [0.2, 0.25) is 5.02 Å². The van der Waals surface area contributed by atoms with E-state index in [9.17, 15) is 9.59 Å². The summed E-state index contributed by atoms with van der Waals surface area (Å²) in [5.41, 5.74) is 0.432. The molecule has 6 nitrogen and oxygen atoms in total. The molecule has 1 aliphatic rings. The Morgan fingerprint density at radius 1 is 1.41 bits per heavy atom. The molecule has 0 amide bonds. The third-order valence-electron chi connectivity index (χ3n) is 3.43. The Kier molecular flexibility index (Phi) is 3.85. The topological polar surface area (TPSA) is 64.4 Å². The molecule has 1 aromatic carbocycles. The van der Waals surface area contributed by atoms with E-state index in [4.69, 9.17) is 16.3 Å². The Hall–Kier alpha value is -2.34. The van der Waals surface area contributed by atoms with Crippen LogP contribution in [0.1, 0.15) is 17.3 Å². The van der Waals surface area contributed by atoms with Crippen molar-refractivity contribution < 1.29 is 9.53 Å². The highest BCUT2D eigenvalue weighted by Gasteiger charge is 2.26. The summed E-state index contributed by atoms with van der Waals surface area (Å²) in [5, 5.41) is 0.612. The van der Waals surface area contributed by atoms with Crippen molar-refractivity contribution in [2.24, 2.45) is 0 Å². The minimum absolute atomic E-state index is 0.0430. The van der Waals surface area contributed by atoms with Crippen molar-refractivity contribution in [3.05, 3.63) is 51.4 Å². The summed E-state index contributed by atoms with van der Waals surface area (Å²) in [6.07, 6.45) is 1.27. The Balaban J connectivity index is 2.01. The van der Waals surface area contributed by atoms with E-state index in [1.54, 1.807) is 13.0 Å². The zero-order chi connectivity index (χ0) is 15.7. The quantitative estimate of drug-likeness (QED) is 0.812. The number of benzene rings is 1. The van der Waals surface area contributed by atoms with Gasteiger partial charge in [0.25, 0.3) is 5.56 Å². The average Bonchev–Trinajstić information content (AvgIpc) is 2.92. The van der Waals surface area contributed by atoms with Crippen LogP contribution in [0.4, 0.5) is 11.6 Å². The predicted molar refractivity (Wildman–Crippen MR) is 82.9 cm³/mol. The highest BCUT2D eigenvalue weighted by atomic mass is 35.5. The fourth-order valence-corrected chi connectivity index (χ4v) is 2.62. The maximum atomic E-state index is 12.4. The fourth-order valence-electron chi connectivity index (χ4n) is 2.44. The van der Waals surface area contributed by atoms with Crippen molar-refractivity contribution in [2.75, 3.05) is 18.1 Å². The molecular formula is C15H14ClN3O3. The van der Waals surface area contributed by atoms with Gasteiger partial charge >= 0.3 is 5.97 Å². The summed E-state index contributed by atoms with van der Waals surface area (Å²) in [4.78, 5) is 30.3. The van der Waals surface area contributed by atoms with Gasteiger partial charge in [-0.15, -0.1) is 0 Å². The molecule has 0 N–H and O–H groups in total. The van der Waals surface area contributed by atoms with Gasteiger partial charge in [0.2, 0.25) is 5.95 Å². The normalized spacial score (nSPS) is 13.1. The minimum atomic E-state index is -0.642. The summed E-state index contributed by atoms with van der Waals surface area (Å²) in [6, 6.07) is 7.33. The van der Waals surface area contributed by atoms with Gasteiger partial charge in [-0.1, -0.05) is 17.7 Å². The zero-order valence-corrected chi connectivity index (χ0v) is 12.7. The molecule has 7 heteroatoms. The summed E-state index contributed by atoms with van der Waals surface area (Å²) >= 11 is 6.01. The van der Waals surface area contributed by atoms with Gasteiger partial charge in [0.15, 0.2) is 0 Å². The molecule has 1 aromatic heterocycles. The molecule has 0 spiro atoms. The van der Waals surface area contributed by atoms with Crippen molar-refractivity contribution in [1.82, 2.24) is 9.55 Å². The van der Waals surface area contributed by atoms with Crippen LogP contribution in [0.3, 0.4) is 0 Å². The molecule has 0 radical (unpaired) electrons. The van der Waals surface area contributed by atoms with E-state index in [0.29, 0.717) is 24.1 Å². The predicted octanol–water partition coefficient (Wildman–Crippen LogP) is 2.23. The first-order valence-electron chi connectivity index (χ1n) is 6.92. The van der Waals surface area contributed by atoms with E-state index >= 15 is 0 Å². The Bertz CT molecular complexity index is 788. The number of fused-ring (bicyclic) bond motifs is 1. The average molecular weight is 320 g/mol. The molecule has 0 aliphatic carbocycles. The van der Waals surface area contributed by atoms with Crippen molar-refractivity contribution in [3.8, 4) is 0 Å². The van der Waals surface area contributed by atoms with Crippen molar-refractivity contribution in [2.45, 2.75) is 13.5 Å². The molecule has 0 fully saturated rings. The Labute approximate surface area is 131 Å². The van der Waals surface area contributed by atoms with Crippen molar-refractivity contribution in [3.63, 3.8) is 0 Å². The SMILES string of the molecule is CCOC(=O)c1cnc2n(c1=O)CCN2c1cccc(Cl)c1. The van der Waals surface area contributed by atoms with Gasteiger partial charge in [0.05, 0.1) is 12.8 Å². The molecule has 1 aliphatic heterocycles. The first kappa shape index (κ1) is 14.6. The highest BCUT2D eigenvalue weighted by molar-refractivity contribution is 6.30. The number of carbonyl (C=O) groups is 1. The number of esters is 1. The minimum Gasteiger partial charge on any atom is -0.462 e. The second-order valence-electron chi connectivity index (χ2n) is 4.78. The van der Waals surface area contributed by atoms with Crippen LogP contribution in [0.5, 0.6) is 0 Å². The maximum absolute atomic E-state index is 12.4. The molecule has 0 unspecified atom stereocenters. The first-order valence-corrected chi connectivity index (χ1v) is 7.29. The fraction of sp³-hybridized carbons (Fsp3) is 0.267. The van der Waals surface area contributed by atoms with Gasteiger partial charge in [-0.05, 0) is 25.1 Å².